The summed E-state index contributed by atoms with van der Waals surface area (Å²) >= 11 is 1.47. The van der Waals surface area contributed by atoms with Crippen LogP contribution in [0, 0.1) is 13.8 Å². The van der Waals surface area contributed by atoms with Crippen molar-refractivity contribution in [3.63, 3.8) is 0 Å². The second kappa shape index (κ2) is 8.64. The first-order valence-electron chi connectivity index (χ1n) is 8.73. The monoisotopic (exact) mass is 412 g/mol. The van der Waals surface area contributed by atoms with E-state index >= 15 is 0 Å². The lowest BCUT2D eigenvalue weighted by Gasteiger charge is -2.23. The van der Waals surface area contributed by atoms with Crippen molar-refractivity contribution < 1.29 is 13.2 Å². The molecular weight excluding hydrogens is 384 g/mol. The molecule has 1 aromatic carbocycles. The highest BCUT2D eigenvalue weighted by Gasteiger charge is 2.24. The minimum absolute atomic E-state index is 0.200. The van der Waals surface area contributed by atoms with E-state index in [-0.39, 0.29) is 12.5 Å². The Bertz CT molecular complexity index is 922. The first-order valence-corrected chi connectivity index (χ1v) is 11.4. The summed E-state index contributed by atoms with van der Waals surface area (Å²) in [6.07, 6.45) is 1.87. The van der Waals surface area contributed by atoms with Crippen molar-refractivity contribution in [3.05, 3.63) is 23.3 Å². The van der Waals surface area contributed by atoms with Crippen LogP contribution in [0.5, 0.6) is 0 Å². The van der Waals surface area contributed by atoms with Gasteiger partial charge in [0.2, 0.25) is 15.9 Å². The molecule has 9 heteroatoms. The number of amides is 1. The standard InChI is InChI=1S/C18H28N4O3S2/c1-13-10-14(2)17-15(11-13)19-18(26-17)22(9-7-8-20(3)4)16(23)12-21(5)27(6,24)25/h10-11H,7-9,12H2,1-6H3. The number of sulfonamides is 1. The van der Waals surface area contributed by atoms with Gasteiger partial charge in [-0.15, -0.1) is 0 Å². The van der Waals surface area contributed by atoms with Crippen LogP contribution in [0.2, 0.25) is 0 Å². The summed E-state index contributed by atoms with van der Waals surface area (Å²) in [4.78, 5) is 21.2. The number of hydrogen-bond acceptors (Lipinski definition) is 6. The highest BCUT2D eigenvalue weighted by molar-refractivity contribution is 7.88. The molecule has 7 nitrogen and oxygen atoms in total. The van der Waals surface area contributed by atoms with E-state index in [0.29, 0.717) is 11.7 Å². The van der Waals surface area contributed by atoms with E-state index in [4.69, 9.17) is 0 Å². The zero-order valence-electron chi connectivity index (χ0n) is 16.8. The smallest absolute Gasteiger partial charge is 0.244 e. The minimum Gasteiger partial charge on any atom is -0.309 e. The number of fused-ring (bicyclic) bond motifs is 1. The average molecular weight is 413 g/mol. The summed E-state index contributed by atoms with van der Waals surface area (Å²) in [5.74, 6) is -0.268. The van der Waals surface area contributed by atoms with Crippen LogP contribution >= 0.6 is 11.3 Å². The van der Waals surface area contributed by atoms with E-state index < -0.39 is 10.0 Å². The lowest BCUT2D eigenvalue weighted by molar-refractivity contribution is -0.118. The third-order valence-corrected chi connectivity index (χ3v) is 6.74. The number of aryl methyl sites for hydroxylation is 2. The van der Waals surface area contributed by atoms with Crippen molar-refractivity contribution in [2.75, 3.05) is 51.9 Å². The average Bonchev–Trinajstić information content (AvgIpc) is 2.93. The third-order valence-electron chi connectivity index (χ3n) is 4.25. The highest BCUT2D eigenvalue weighted by Crippen LogP contribution is 2.32. The zero-order chi connectivity index (χ0) is 20.4. The molecule has 0 atom stereocenters. The van der Waals surface area contributed by atoms with Gasteiger partial charge in [-0.1, -0.05) is 17.4 Å². The first-order chi connectivity index (χ1) is 12.5. The van der Waals surface area contributed by atoms with Gasteiger partial charge in [0.25, 0.3) is 0 Å². The van der Waals surface area contributed by atoms with Crippen molar-refractivity contribution in [1.29, 1.82) is 0 Å². The molecule has 1 heterocycles. The van der Waals surface area contributed by atoms with Crippen molar-refractivity contribution in [2.45, 2.75) is 20.3 Å². The molecule has 0 aliphatic heterocycles. The molecule has 0 spiro atoms. The molecule has 1 aromatic heterocycles. The zero-order valence-corrected chi connectivity index (χ0v) is 18.4. The number of hydrogen-bond donors (Lipinski definition) is 0. The first kappa shape index (κ1) is 21.7. The summed E-state index contributed by atoms with van der Waals surface area (Å²) in [6.45, 7) is 5.18. The molecule has 27 heavy (non-hydrogen) atoms. The van der Waals surface area contributed by atoms with E-state index in [1.54, 1.807) is 4.90 Å². The quantitative estimate of drug-likeness (QED) is 0.664. The number of rotatable bonds is 8. The van der Waals surface area contributed by atoms with E-state index in [2.05, 4.69) is 16.0 Å². The second-order valence-corrected chi connectivity index (χ2v) is 10.2. The topological polar surface area (TPSA) is 73.8 Å². The van der Waals surface area contributed by atoms with Gasteiger partial charge in [-0.05, 0) is 58.1 Å². The molecule has 2 rings (SSSR count). The molecule has 0 saturated carbocycles. The van der Waals surface area contributed by atoms with Crippen LogP contribution in [0.1, 0.15) is 17.5 Å². The Morgan fingerprint density at radius 1 is 1.15 bits per heavy atom. The van der Waals surface area contributed by atoms with Crippen LogP contribution in [0.4, 0.5) is 5.13 Å². The number of carbonyl (C=O) groups is 1. The van der Waals surface area contributed by atoms with E-state index in [1.807, 2.05) is 34.0 Å². The molecule has 0 aliphatic rings. The Morgan fingerprint density at radius 3 is 2.41 bits per heavy atom. The SMILES string of the molecule is Cc1cc(C)c2sc(N(CCCN(C)C)C(=O)CN(C)S(C)(=O)=O)nc2c1. The number of nitrogens with zero attached hydrogens (tertiary/aromatic N) is 4. The normalized spacial score (nSPS) is 12.3. The Kier molecular flexibility index (Phi) is 6.96. The second-order valence-electron chi connectivity index (χ2n) is 7.15. The largest absolute Gasteiger partial charge is 0.309 e. The van der Waals surface area contributed by atoms with Crippen LogP contribution < -0.4 is 4.90 Å². The lowest BCUT2D eigenvalue weighted by atomic mass is 10.1. The summed E-state index contributed by atoms with van der Waals surface area (Å²) in [5.41, 5.74) is 3.12. The van der Waals surface area contributed by atoms with E-state index in [0.717, 1.165) is 44.9 Å². The fraction of sp³-hybridized carbons (Fsp3) is 0.556. The number of aromatic nitrogens is 1. The number of carbonyl (C=O) groups excluding carboxylic acids is 1. The maximum Gasteiger partial charge on any atom is 0.244 e. The highest BCUT2D eigenvalue weighted by atomic mass is 32.2. The molecule has 0 fully saturated rings. The molecule has 150 valence electrons. The van der Waals surface area contributed by atoms with Gasteiger partial charge in [0.1, 0.15) is 0 Å². The van der Waals surface area contributed by atoms with Crippen molar-refractivity contribution in [2.24, 2.45) is 0 Å². The summed E-state index contributed by atoms with van der Waals surface area (Å²) in [7, 11) is 1.95. The van der Waals surface area contributed by atoms with Crippen molar-refractivity contribution in [3.8, 4) is 0 Å². The number of likely N-dealkylation sites (N-methyl/N-ethyl adjacent to an activating group) is 1. The van der Waals surface area contributed by atoms with Crippen LogP contribution in [0.15, 0.2) is 12.1 Å². The fourth-order valence-electron chi connectivity index (χ4n) is 2.75. The number of benzene rings is 1. The van der Waals surface area contributed by atoms with Gasteiger partial charge in [0.05, 0.1) is 23.0 Å². The maximum atomic E-state index is 12.9. The third kappa shape index (κ3) is 5.71. The Labute approximate surface area is 165 Å². The molecular formula is C18H28N4O3S2. The molecule has 0 aliphatic carbocycles. The van der Waals surface area contributed by atoms with Crippen LogP contribution in [-0.2, 0) is 14.8 Å². The predicted octanol–water partition coefficient (Wildman–Crippen LogP) is 2.09. The van der Waals surface area contributed by atoms with Gasteiger partial charge >= 0.3 is 0 Å². The Balaban J connectivity index is 2.34. The van der Waals surface area contributed by atoms with Gasteiger partial charge in [-0.3, -0.25) is 9.69 Å². The van der Waals surface area contributed by atoms with E-state index in [1.165, 1.54) is 18.4 Å². The summed E-state index contributed by atoms with van der Waals surface area (Å²) < 4.78 is 25.5. The van der Waals surface area contributed by atoms with Crippen LogP contribution in [0.3, 0.4) is 0 Å². The molecule has 0 saturated heterocycles. The van der Waals surface area contributed by atoms with Gasteiger partial charge in [-0.25, -0.2) is 13.4 Å². The summed E-state index contributed by atoms with van der Waals surface area (Å²) in [5, 5.41) is 0.615. The molecule has 2 aromatic rings. The van der Waals surface area contributed by atoms with E-state index in [9.17, 15) is 13.2 Å². The molecule has 0 radical (unpaired) electrons. The van der Waals surface area contributed by atoms with Gasteiger partial charge in [0.15, 0.2) is 5.13 Å². The lowest BCUT2D eigenvalue weighted by Crippen LogP contribution is -2.41. The maximum absolute atomic E-state index is 12.9. The Morgan fingerprint density at radius 2 is 1.81 bits per heavy atom. The number of anilines is 1. The van der Waals surface area contributed by atoms with Gasteiger partial charge in [-0.2, -0.15) is 4.31 Å². The molecule has 1 amide bonds. The van der Waals surface area contributed by atoms with Gasteiger partial charge in [0, 0.05) is 13.6 Å². The van der Waals surface area contributed by atoms with Gasteiger partial charge < -0.3 is 4.90 Å². The van der Waals surface area contributed by atoms with Crippen LogP contribution in [0.25, 0.3) is 10.2 Å². The molecule has 0 N–H and O–H groups in total. The summed E-state index contributed by atoms with van der Waals surface area (Å²) in [6, 6.07) is 4.10. The van der Waals surface area contributed by atoms with Crippen molar-refractivity contribution in [1.82, 2.24) is 14.2 Å². The van der Waals surface area contributed by atoms with Crippen LogP contribution in [-0.4, -0.2) is 75.5 Å². The molecule has 0 unspecified atom stereocenters. The molecule has 0 bridgehead atoms. The predicted molar refractivity (Wildman–Crippen MR) is 112 cm³/mol. The Hall–Kier alpha value is -1.55. The van der Waals surface area contributed by atoms with Crippen molar-refractivity contribution >= 4 is 42.6 Å². The fourth-order valence-corrected chi connectivity index (χ4v) is 4.15. The number of thiazole rings is 1. The minimum atomic E-state index is -3.42.